The Morgan fingerprint density at radius 2 is 1.96 bits per heavy atom. The molecule has 2 amide bonds. The van der Waals surface area contributed by atoms with Gasteiger partial charge in [-0.2, -0.15) is 0 Å². The van der Waals surface area contributed by atoms with E-state index in [0.717, 1.165) is 4.47 Å². The third-order valence-corrected chi connectivity index (χ3v) is 3.50. The van der Waals surface area contributed by atoms with Crippen molar-refractivity contribution in [2.24, 2.45) is 5.92 Å². The van der Waals surface area contributed by atoms with E-state index in [2.05, 4.69) is 31.5 Å². The number of nitrogens with one attached hydrogen (secondary N) is 2. The molecule has 2 aromatic rings. The Kier molecular flexibility index (Phi) is 5.87. The van der Waals surface area contributed by atoms with Crippen molar-refractivity contribution in [2.75, 3.05) is 11.9 Å². The second-order valence-corrected chi connectivity index (χ2v) is 6.41. The van der Waals surface area contributed by atoms with Gasteiger partial charge in [0.2, 0.25) is 0 Å². The van der Waals surface area contributed by atoms with Gasteiger partial charge in [0, 0.05) is 28.5 Å². The normalized spacial score (nSPS) is 10.4. The molecule has 2 N–H and O–H groups in total. The molecule has 5 nitrogen and oxygen atoms in total. The molecule has 2 rings (SSSR count). The lowest BCUT2D eigenvalue weighted by Crippen LogP contribution is -2.27. The van der Waals surface area contributed by atoms with Crippen LogP contribution in [-0.2, 0) is 0 Å². The lowest BCUT2D eigenvalue weighted by Gasteiger charge is -2.09. The lowest BCUT2D eigenvalue weighted by molar-refractivity contribution is 0.0949. The van der Waals surface area contributed by atoms with E-state index in [1.807, 2.05) is 26.0 Å². The molecule has 0 atom stereocenters. The number of rotatable bonds is 5. The van der Waals surface area contributed by atoms with Gasteiger partial charge >= 0.3 is 0 Å². The number of aromatic nitrogens is 1. The number of carbonyl (C=O) groups is 2. The van der Waals surface area contributed by atoms with Crippen LogP contribution in [0, 0.1) is 5.92 Å². The first kappa shape index (κ1) is 17.1. The number of amides is 2. The predicted molar refractivity (Wildman–Crippen MR) is 93.5 cm³/mol. The first-order valence-corrected chi connectivity index (χ1v) is 8.06. The minimum Gasteiger partial charge on any atom is -0.352 e. The highest BCUT2D eigenvalue weighted by Gasteiger charge is 2.12. The summed E-state index contributed by atoms with van der Waals surface area (Å²) >= 11 is 3.35. The maximum absolute atomic E-state index is 12.2. The maximum atomic E-state index is 12.2. The van der Waals surface area contributed by atoms with Gasteiger partial charge in [-0.25, -0.2) is 0 Å². The van der Waals surface area contributed by atoms with Crippen LogP contribution in [0.25, 0.3) is 0 Å². The molecule has 1 aromatic heterocycles. The zero-order chi connectivity index (χ0) is 16.8. The fourth-order valence-electron chi connectivity index (χ4n) is 1.86. The summed E-state index contributed by atoms with van der Waals surface area (Å²) in [6, 6.07) is 10.3. The van der Waals surface area contributed by atoms with Crippen LogP contribution in [0.2, 0.25) is 0 Å². The predicted octanol–water partition coefficient (Wildman–Crippen LogP) is 3.48. The van der Waals surface area contributed by atoms with E-state index in [1.54, 1.807) is 18.2 Å². The molecule has 0 aliphatic heterocycles. The molecule has 1 aromatic carbocycles. The molecule has 6 heteroatoms. The second kappa shape index (κ2) is 7.87. The molecule has 0 saturated carbocycles. The van der Waals surface area contributed by atoms with E-state index in [1.165, 1.54) is 12.3 Å². The minimum absolute atomic E-state index is 0.196. The summed E-state index contributed by atoms with van der Waals surface area (Å²) in [6.07, 6.45) is 1.46. The van der Waals surface area contributed by atoms with E-state index in [9.17, 15) is 9.59 Å². The summed E-state index contributed by atoms with van der Waals surface area (Å²) in [7, 11) is 0. The van der Waals surface area contributed by atoms with Gasteiger partial charge in [-0.15, -0.1) is 0 Å². The van der Waals surface area contributed by atoms with Crippen molar-refractivity contribution in [3.8, 4) is 0 Å². The maximum Gasteiger partial charge on any atom is 0.274 e. The van der Waals surface area contributed by atoms with Crippen LogP contribution in [0.1, 0.15) is 34.7 Å². The Morgan fingerprint density at radius 3 is 2.65 bits per heavy atom. The average Bonchev–Trinajstić information content (AvgIpc) is 2.52. The standard InChI is InChI=1S/C17H18BrN3O2/c1-11(2)10-20-16(22)12-6-7-19-15(8-12)17(23)21-14-5-3-4-13(18)9-14/h3-9,11H,10H2,1-2H3,(H,20,22)(H,21,23). The van der Waals surface area contributed by atoms with Gasteiger partial charge < -0.3 is 10.6 Å². The molecule has 23 heavy (non-hydrogen) atoms. The smallest absolute Gasteiger partial charge is 0.274 e. The number of benzene rings is 1. The van der Waals surface area contributed by atoms with Crippen LogP contribution in [0.3, 0.4) is 0 Å². The van der Waals surface area contributed by atoms with Gasteiger partial charge in [-0.1, -0.05) is 35.8 Å². The molecule has 0 radical (unpaired) electrons. The number of nitrogens with zero attached hydrogens (tertiary/aromatic N) is 1. The molecule has 0 aliphatic carbocycles. The first-order valence-electron chi connectivity index (χ1n) is 7.27. The summed E-state index contributed by atoms with van der Waals surface area (Å²) < 4.78 is 0.866. The second-order valence-electron chi connectivity index (χ2n) is 5.50. The van der Waals surface area contributed by atoms with Crippen molar-refractivity contribution < 1.29 is 9.59 Å². The van der Waals surface area contributed by atoms with Crippen molar-refractivity contribution in [1.29, 1.82) is 0 Å². The van der Waals surface area contributed by atoms with Crippen LogP contribution in [0.4, 0.5) is 5.69 Å². The molecule has 0 fully saturated rings. The van der Waals surface area contributed by atoms with Crippen LogP contribution >= 0.6 is 15.9 Å². The van der Waals surface area contributed by atoms with E-state index < -0.39 is 0 Å². The van der Waals surface area contributed by atoms with Gasteiger partial charge in [0.1, 0.15) is 5.69 Å². The Morgan fingerprint density at radius 1 is 1.17 bits per heavy atom. The third-order valence-electron chi connectivity index (χ3n) is 3.01. The molecular weight excluding hydrogens is 358 g/mol. The Balaban J connectivity index is 2.09. The van der Waals surface area contributed by atoms with Gasteiger partial charge in [0.25, 0.3) is 11.8 Å². The Labute approximate surface area is 143 Å². The average molecular weight is 376 g/mol. The molecular formula is C17H18BrN3O2. The number of pyridine rings is 1. The number of hydrogen-bond donors (Lipinski definition) is 2. The summed E-state index contributed by atoms with van der Waals surface area (Å²) in [6.45, 7) is 4.62. The number of anilines is 1. The van der Waals surface area contributed by atoms with Gasteiger partial charge in [0.15, 0.2) is 0 Å². The zero-order valence-electron chi connectivity index (χ0n) is 13.0. The highest BCUT2D eigenvalue weighted by molar-refractivity contribution is 9.10. The molecule has 1 heterocycles. The number of hydrogen-bond acceptors (Lipinski definition) is 3. The van der Waals surface area contributed by atoms with E-state index in [0.29, 0.717) is 23.7 Å². The largest absolute Gasteiger partial charge is 0.352 e. The van der Waals surface area contributed by atoms with E-state index in [-0.39, 0.29) is 17.5 Å². The quantitative estimate of drug-likeness (QED) is 0.839. The molecule has 0 aliphatic rings. The van der Waals surface area contributed by atoms with Crippen LogP contribution in [0.5, 0.6) is 0 Å². The monoisotopic (exact) mass is 375 g/mol. The molecule has 0 saturated heterocycles. The zero-order valence-corrected chi connectivity index (χ0v) is 14.6. The van der Waals surface area contributed by atoms with Gasteiger partial charge in [-0.3, -0.25) is 14.6 Å². The summed E-state index contributed by atoms with van der Waals surface area (Å²) in [5, 5.41) is 5.57. The summed E-state index contributed by atoms with van der Waals surface area (Å²) in [5.74, 6) is -0.209. The molecule has 0 unspecified atom stereocenters. The fraction of sp³-hybridized carbons (Fsp3) is 0.235. The fourth-order valence-corrected chi connectivity index (χ4v) is 2.26. The summed E-state index contributed by atoms with van der Waals surface area (Å²) in [5.41, 5.74) is 1.27. The van der Waals surface area contributed by atoms with Crippen molar-refractivity contribution in [3.05, 3.63) is 58.3 Å². The molecule has 120 valence electrons. The molecule has 0 spiro atoms. The Hall–Kier alpha value is -2.21. The van der Waals surface area contributed by atoms with E-state index in [4.69, 9.17) is 0 Å². The lowest BCUT2D eigenvalue weighted by atomic mass is 10.2. The number of carbonyl (C=O) groups excluding carboxylic acids is 2. The van der Waals surface area contributed by atoms with Crippen molar-refractivity contribution >= 4 is 33.4 Å². The van der Waals surface area contributed by atoms with Crippen LogP contribution in [-0.4, -0.2) is 23.3 Å². The van der Waals surface area contributed by atoms with Gasteiger partial charge in [-0.05, 0) is 36.2 Å². The summed E-state index contributed by atoms with van der Waals surface area (Å²) in [4.78, 5) is 28.3. The SMILES string of the molecule is CC(C)CNC(=O)c1ccnc(C(=O)Nc2cccc(Br)c2)c1. The first-order chi connectivity index (χ1) is 11.0. The Bertz CT molecular complexity index is 716. The number of halogens is 1. The van der Waals surface area contributed by atoms with Crippen molar-refractivity contribution in [2.45, 2.75) is 13.8 Å². The van der Waals surface area contributed by atoms with Crippen LogP contribution < -0.4 is 10.6 Å². The highest BCUT2D eigenvalue weighted by atomic mass is 79.9. The van der Waals surface area contributed by atoms with Gasteiger partial charge in [0.05, 0.1) is 0 Å². The topological polar surface area (TPSA) is 71.1 Å². The van der Waals surface area contributed by atoms with Crippen molar-refractivity contribution in [1.82, 2.24) is 10.3 Å². The highest BCUT2D eigenvalue weighted by Crippen LogP contribution is 2.16. The van der Waals surface area contributed by atoms with Crippen molar-refractivity contribution in [3.63, 3.8) is 0 Å². The third kappa shape index (κ3) is 5.17. The van der Waals surface area contributed by atoms with E-state index >= 15 is 0 Å². The van der Waals surface area contributed by atoms with Crippen LogP contribution in [0.15, 0.2) is 47.1 Å². The molecule has 0 bridgehead atoms. The minimum atomic E-state index is -0.360.